The maximum absolute atomic E-state index is 12.6. The molecule has 0 aromatic heterocycles. The molecule has 0 aliphatic heterocycles. The maximum atomic E-state index is 12.6. The van der Waals surface area contributed by atoms with Gasteiger partial charge in [0.15, 0.2) is 11.5 Å². The number of sulfonamides is 1. The fraction of sp³-hybridized carbons (Fsp3) is 0.138. The SMILES string of the molecule is N#Cc1ccc(S(=O)(=O)NCCc2ccc(OCc3ccccc3)c(OCc3ccccc3)c2)cc1. The smallest absolute Gasteiger partial charge is 0.240 e. The Bertz CT molecular complexity index is 1420. The van der Waals surface area contributed by atoms with Gasteiger partial charge >= 0.3 is 0 Å². The molecule has 0 fully saturated rings. The number of nitrogens with one attached hydrogen (secondary N) is 1. The van der Waals surface area contributed by atoms with Gasteiger partial charge in [0.2, 0.25) is 10.0 Å². The summed E-state index contributed by atoms with van der Waals surface area (Å²) in [6, 6.07) is 33.2. The van der Waals surface area contributed by atoms with Crippen LogP contribution < -0.4 is 14.2 Å². The Morgan fingerprint density at radius 1 is 0.694 bits per heavy atom. The minimum atomic E-state index is -3.67. The van der Waals surface area contributed by atoms with Gasteiger partial charge in [-0.1, -0.05) is 66.7 Å². The molecule has 0 aliphatic carbocycles. The van der Waals surface area contributed by atoms with Crippen LogP contribution in [0, 0.1) is 11.3 Å². The average molecular weight is 499 g/mol. The first-order valence-electron chi connectivity index (χ1n) is 11.5. The first-order chi connectivity index (χ1) is 17.5. The summed E-state index contributed by atoms with van der Waals surface area (Å²) >= 11 is 0. The van der Waals surface area contributed by atoms with Crippen molar-refractivity contribution in [3.63, 3.8) is 0 Å². The molecule has 182 valence electrons. The third kappa shape index (κ3) is 6.95. The van der Waals surface area contributed by atoms with E-state index in [1.54, 1.807) is 0 Å². The van der Waals surface area contributed by atoms with Gasteiger partial charge < -0.3 is 9.47 Å². The van der Waals surface area contributed by atoms with Gasteiger partial charge in [0, 0.05) is 6.54 Å². The van der Waals surface area contributed by atoms with Crippen LogP contribution in [-0.4, -0.2) is 15.0 Å². The lowest BCUT2D eigenvalue weighted by Crippen LogP contribution is -2.26. The molecule has 0 unspecified atom stereocenters. The fourth-order valence-electron chi connectivity index (χ4n) is 3.53. The second kappa shape index (κ2) is 12.0. The van der Waals surface area contributed by atoms with E-state index in [1.165, 1.54) is 24.3 Å². The van der Waals surface area contributed by atoms with E-state index in [2.05, 4.69) is 4.72 Å². The molecule has 0 amide bonds. The summed E-state index contributed by atoms with van der Waals surface area (Å²) in [5.41, 5.74) is 3.40. The molecule has 0 bridgehead atoms. The van der Waals surface area contributed by atoms with Gasteiger partial charge in [0.05, 0.1) is 16.5 Å². The minimum absolute atomic E-state index is 0.123. The highest BCUT2D eigenvalue weighted by Gasteiger charge is 2.14. The Morgan fingerprint density at radius 3 is 1.86 bits per heavy atom. The average Bonchev–Trinajstić information content (AvgIpc) is 2.92. The fourth-order valence-corrected chi connectivity index (χ4v) is 4.56. The second-order valence-electron chi connectivity index (χ2n) is 8.11. The Balaban J connectivity index is 1.43. The van der Waals surface area contributed by atoms with E-state index in [1.807, 2.05) is 84.9 Å². The topological polar surface area (TPSA) is 88.4 Å². The zero-order chi connectivity index (χ0) is 25.2. The molecule has 36 heavy (non-hydrogen) atoms. The molecule has 0 saturated carbocycles. The van der Waals surface area contributed by atoms with Crippen LogP contribution in [0.3, 0.4) is 0 Å². The zero-order valence-corrected chi connectivity index (χ0v) is 20.4. The summed E-state index contributed by atoms with van der Waals surface area (Å²) in [5.74, 6) is 1.22. The van der Waals surface area contributed by atoms with Crippen LogP contribution in [0.1, 0.15) is 22.3 Å². The first-order valence-corrected chi connectivity index (χ1v) is 13.0. The normalized spacial score (nSPS) is 11.0. The predicted molar refractivity (Wildman–Crippen MR) is 138 cm³/mol. The summed E-state index contributed by atoms with van der Waals surface area (Å²) in [5, 5.41) is 8.90. The molecule has 0 radical (unpaired) electrons. The molecular weight excluding hydrogens is 472 g/mol. The van der Waals surface area contributed by atoms with E-state index < -0.39 is 10.0 Å². The summed E-state index contributed by atoms with van der Waals surface area (Å²) in [6.45, 7) is 1.01. The monoisotopic (exact) mass is 498 g/mol. The van der Waals surface area contributed by atoms with Crippen LogP contribution >= 0.6 is 0 Å². The van der Waals surface area contributed by atoms with Crippen molar-refractivity contribution in [2.45, 2.75) is 24.5 Å². The van der Waals surface area contributed by atoms with E-state index in [-0.39, 0.29) is 11.4 Å². The van der Waals surface area contributed by atoms with E-state index >= 15 is 0 Å². The van der Waals surface area contributed by atoms with E-state index in [4.69, 9.17) is 14.7 Å². The minimum Gasteiger partial charge on any atom is -0.485 e. The zero-order valence-electron chi connectivity index (χ0n) is 19.6. The number of rotatable bonds is 11. The summed E-state index contributed by atoms with van der Waals surface area (Å²) < 4.78 is 39.9. The van der Waals surface area contributed by atoms with Crippen molar-refractivity contribution in [2.24, 2.45) is 0 Å². The lowest BCUT2D eigenvalue weighted by Gasteiger charge is -2.15. The lowest BCUT2D eigenvalue weighted by molar-refractivity contribution is 0.255. The molecule has 4 aromatic rings. The van der Waals surface area contributed by atoms with Gasteiger partial charge in [0.25, 0.3) is 0 Å². The molecular formula is C29H26N2O4S. The highest BCUT2D eigenvalue weighted by molar-refractivity contribution is 7.89. The molecule has 4 aromatic carbocycles. The number of hydrogen-bond acceptors (Lipinski definition) is 5. The second-order valence-corrected chi connectivity index (χ2v) is 9.88. The standard InChI is InChI=1S/C29H26N2O4S/c30-20-24-11-14-27(15-12-24)36(32,33)31-18-17-23-13-16-28(34-21-25-7-3-1-4-8-25)29(19-23)35-22-26-9-5-2-6-10-26/h1-16,19,31H,17-18,21-22H2. The van der Waals surface area contributed by atoms with Gasteiger partial charge in [-0.3, -0.25) is 0 Å². The van der Waals surface area contributed by atoms with Gasteiger partial charge in [-0.05, 0) is 59.5 Å². The molecule has 0 aliphatic rings. The molecule has 0 saturated heterocycles. The summed E-state index contributed by atoms with van der Waals surface area (Å²) in [6.07, 6.45) is 0.468. The van der Waals surface area contributed by atoms with E-state index in [0.29, 0.717) is 36.7 Å². The molecule has 1 N–H and O–H groups in total. The maximum Gasteiger partial charge on any atom is 0.240 e. The van der Waals surface area contributed by atoms with Crippen LogP contribution in [0.4, 0.5) is 0 Å². The highest BCUT2D eigenvalue weighted by atomic mass is 32.2. The van der Waals surface area contributed by atoms with Crippen LogP contribution in [0.5, 0.6) is 11.5 Å². The van der Waals surface area contributed by atoms with Gasteiger partial charge in [-0.2, -0.15) is 5.26 Å². The number of nitrogens with zero attached hydrogens (tertiary/aromatic N) is 1. The van der Waals surface area contributed by atoms with Crippen molar-refractivity contribution in [1.82, 2.24) is 4.72 Å². The van der Waals surface area contributed by atoms with Crippen LogP contribution in [0.15, 0.2) is 108 Å². The molecule has 4 rings (SSSR count). The number of hydrogen-bond donors (Lipinski definition) is 1. The number of ether oxygens (including phenoxy) is 2. The van der Waals surface area contributed by atoms with E-state index in [9.17, 15) is 8.42 Å². The van der Waals surface area contributed by atoms with Crippen LogP contribution in [0.2, 0.25) is 0 Å². The van der Waals surface area contributed by atoms with Crippen molar-refractivity contribution in [3.05, 3.63) is 125 Å². The van der Waals surface area contributed by atoms with Gasteiger partial charge in [-0.25, -0.2) is 13.1 Å². The van der Waals surface area contributed by atoms with Gasteiger partial charge in [-0.15, -0.1) is 0 Å². The largest absolute Gasteiger partial charge is 0.485 e. The van der Waals surface area contributed by atoms with Crippen molar-refractivity contribution in [1.29, 1.82) is 5.26 Å². The van der Waals surface area contributed by atoms with Crippen LogP contribution in [-0.2, 0) is 29.7 Å². The summed E-state index contributed by atoms with van der Waals surface area (Å²) in [7, 11) is -3.67. The predicted octanol–water partition coefficient (Wildman–Crippen LogP) is 5.24. The quantitative estimate of drug-likeness (QED) is 0.306. The van der Waals surface area contributed by atoms with Crippen molar-refractivity contribution >= 4 is 10.0 Å². The Hall–Kier alpha value is -4.12. The van der Waals surface area contributed by atoms with Gasteiger partial charge in [0.1, 0.15) is 13.2 Å². The Labute approximate surface area is 211 Å². The molecule has 6 nitrogen and oxygen atoms in total. The first kappa shape index (κ1) is 25.0. The Kier molecular flexibility index (Phi) is 8.35. The third-order valence-electron chi connectivity index (χ3n) is 5.48. The Morgan fingerprint density at radius 2 is 1.28 bits per heavy atom. The van der Waals surface area contributed by atoms with Crippen LogP contribution in [0.25, 0.3) is 0 Å². The number of nitriles is 1. The third-order valence-corrected chi connectivity index (χ3v) is 6.96. The molecule has 0 atom stereocenters. The molecule has 7 heteroatoms. The lowest BCUT2D eigenvalue weighted by atomic mass is 10.1. The summed E-state index contributed by atoms with van der Waals surface area (Å²) in [4.78, 5) is 0.123. The van der Waals surface area contributed by atoms with Crippen molar-refractivity contribution in [3.8, 4) is 17.6 Å². The van der Waals surface area contributed by atoms with E-state index in [0.717, 1.165) is 16.7 Å². The number of benzene rings is 4. The van der Waals surface area contributed by atoms with Crippen molar-refractivity contribution < 1.29 is 17.9 Å². The van der Waals surface area contributed by atoms with Crippen molar-refractivity contribution in [2.75, 3.05) is 6.54 Å². The highest BCUT2D eigenvalue weighted by Crippen LogP contribution is 2.30. The molecule has 0 spiro atoms. The molecule has 0 heterocycles.